The van der Waals surface area contributed by atoms with Gasteiger partial charge in [-0.3, -0.25) is 0 Å². The van der Waals surface area contributed by atoms with Gasteiger partial charge in [0, 0.05) is 24.7 Å². The summed E-state index contributed by atoms with van der Waals surface area (Å²) < 4.78 is 0. The lowest BCUT2D eigenvalue weighted by molar-refractivity contribution is 0.128. The van der Waals surface area contributed by atoms with Gasteiger partial charge in [0.05, 0.1) is 0 Å². The van der Waals surface area contributed by atoms with Gasteiger partial charge in [0.25, 0.3) is 0 Å². The summed E-state index contributed by atoms with van der Waals surface area (Å²) in [5, 5.41) is 3.75. The summed E-state index contributed by atoms with van der Waals surface area (Å²) in [4.78, 5) is 2.76. The van der Waals surface area contributed by atoms with E-state index in [1.165, 1.54) is 51.6 Å². The smallest absolute Gasteiger partial charge is 0.0125 e. The summed E-state index contributed by atoms with van der Waals surface area (Å²) in [6.45, 7) is 9.61. The standard InChI is InChI=1S/C15H30N2/c1-4-6-12(3)11-17(5-2)15-9-13-7-8-14(10-15)16-13/h12-16H,4-11H2,1-3H3. The summed E-state index contributed by atoms with van der Waals surface area (Å²) in [5.74, 6) is 0.868. The molecule has 2 aliphatic rings. The zero-order chi connectivity index (χ0) is 12.3. The van der Waals surface area contributed by atoms with Gasteiger partial charge in [0.2, 0.25) is 0 Å². The molecule has 1 N–H and O–H groups in total. The lowest BCUT2D eigenvalue weighted by Gasteiger charge is -2.38. The minimum Gasteiger partial charge on any atom is -0.311 e. The number of nitrogens with one attached hydrogen (secondary N) is 1. The molecule has 100 valence electrons. The Labute approximate surface area is 107 Å². The third kappa shape index (κ3) is 3.45. The molecule has 3 atom stereocenters. The zero-order valence-corrected chi connectivity index (χ0v) is 11.9. The van der Waals surface area contributed by atoms with Crippen molar-refractivity contribution in [1.82, 2.24) is 10.2 Å². The molecule has 0 amide bonds. The Bertz CT molecular complexity index is 217. The maximum Gasteiger partial charge on any atom is 0.0125 e. The molecule has 2 rings (SSSR count). The first-order chi connectivity index (χ1) is 8.22. The van der Waals surface area contributed by atoms with Crippen LogP contribution in [0.5, 0.6) is 0 Å². The van der Waals surface area contributed by atoms with Crippen LogP contribution in [0.3, 0.4) is 0 Å². The fourth-order valence-corrected chi connectivity index (χ4v) is 3.85. The van der Waals surface area contributed by atoms with E-state index in [0.717, 1.165) is 24.0 Å². The highest BCUT2D eigenvalue weighted by atomic mass is 15.2. The average Bonchev–Trinajstić information content (AvgIpc) is 2.65. The molecule has 0 aromatic carbocycles. The molecule has 17 heavy (non-hydrogen) atoms. The summed E-state index contributed by atoms with van der Waals surface area (Å²) in [5.41, 5.74) is 0. The van der Waals surface area contributed by atoms with Crippen LogP contribution in [0.25, 0.3) is 0 Å². The molecule has 2 heterocycles. The summed E-state index contributed by atoms with van der Waals surface area (Å²) in [6.07, 6.45) is 8.34. The van der Waals surface area contributed by atoms with E-state index in [4.69, 9.17) is 0 Å². The number of rotatable bonds is 6. The Morgan fingerprint density at radius 1 is 1.18 bits per heavy atom. The van der Waals surface area contributed by atoms with E-state index in [1.807, 2.05) is 0 Å². The largest absolute Gasteiger partial charge is 0.311 e. The van der Waals surface area contributed by atoms with Crippen molar-refractivity contribution in [2.45, 2.75) is 77.4 Å². The molecule has 3 unspecified atom stereocenters. The predicted octanol–water partition coefficient (Wildman–Crippen LogP) is 3.03. The maximum absolute atomic E-state index is 3.75. The second-order valence-electron chi connectivity index (χ2n) is 6.24. The third-order valence-electron chi connectivity index (χ3n) is 4.70. The molecule has 0 radical (unpaired) electrons. The Morgan fingerprint density at radius 2 is 1.82 bits per heavy atom. The molecule has 2 saturated heterocycles. The van der Waals surface area contributed by atoms with Crippen molar-refractivity contribution < 1.29 is 0 Å². The Balaban J connectivity index is 1.85. The normalized spacial score (nSPS) is 34.2. The first-order valence-corrected chi connectivity index (χ1v) is 7.73. The molecular formula is C15H30N2. The van der Waals surface area contributed by atoms with Crippen LogP contribution in [0.15, 0.2) is 0 Å². The van der Waals surface area contributed by atoms with E-state index in [0.29, 0.717) is 0 Å². The van der Waals surface area contributed by atoms with Crippen LogP contribution in [0.4, 0.5) is 0 Å². The van der Waals surface area contributed by atoms with Crippen molar-refractivity contribution in [3.63, 3.8) is 0 Å². The van der Waals surface area contributed by atoms with E-state index in [1.54, 1.807) is 0 Å². The summed E-state index contributed by atoms with van der Waals surface area (Å²) in [7, 11) is 0. The number of piperidine rings is 1. The molecule has 2 heteroatoms. The fourth-order valence-electron chi connectivity index (χ4n) is 3.85. The highest BCUT2D eigenvalue weighted by Gasteiger charge is 2.35. The highest BCUT2D eigenvalue weighted by molar-refractivity contribution is 4.95. The minimum absolute atomic E-state index is 0.828. The number of fused-ring (bicyclic) bond motifs is 2. The van der Waals surface area contributed by atoms with Crippen LogP contribution in [-0.4, -0.2) is 36.1 Å². The fraction of sp³-hybridized carbons (Fsp3) is 1.00. The summed E-state index contributed by atoms with van der Waals surface area (Å²) >= 11 is 0. The lowest BCUT2D eigenvalue weighted by atomic mass is 9.96. The molecule has 2 fully saturated rings. The third-order valence-corrected chi connectivity index (χ3v) is 4.70. The van der Waals surface area contributed by atoms with Crippen molar-refractivity contribution in [2.75, 3.05) is 13.1 Å². The van der Waals surface area contributed by atoms with Gasteiger partial charge in [0.1, 0.15) is 0 Å². The van der Waals surface area contributed by atoms with Crippen molar-refractivity contribution in [1.29, 1.82) is 0 Å². The molecule has 0 saturated carbocycles. The monoisotopic (exact) mass is 238 g/mol. The van der Waals surface area contributed by atoms with Gasteiger partial charge in [-0.25, -0.2) is 0 Å². The molecule has 0 aromatic heterocycles. The van der Waals surface area contributed by atoms with Crippen molar-refractivity contribution in [3.05, 3.63) is 0 Å². The van der Waals surface area contributed by atoms with E-state index in [-0.39, 0.29) is 0 Å². The number of hydrogen-bond donors (Lipinski definition) is 1. The van der Waals surface area contributed by atoms with Gasteiger partial charge < -0.3 is 10.2 Å². The lowest BCUT2D eigenvalue weighted by Crippen LogP contribution is -2.49. The van der Waals surface area contributed by atoms with Gasteiger partial charge in [0.15, 0.2) is 0 Å². The van der Waals surface area contributed by atoms with Crippen LogP contribution < -0.4 is 5.32 Å². The molecule has 0 aliphatic carbocycles. The van der Waals surface area contributed by atoms with Crippen molar-refractivity contribution >= 4 is 0 Å². The molecule has 2 aliphatic heterocycles. The highest BCUT2D eigenvalue weighted by Crippen LogP contribution is 2.30. The predicted molar refractivity (Wildman–Crippen MR) is 74.3 cm³/mol. The van der Waals surface area contributed by atoms with Gasteiger partial charge >= 0.3 is 0 Å². The SMILES string of the molecule is CCCC(C)CN(CC)C1CC2CCC(C1)N2. The number of hydrogen-bond acceptors (Lipinski definition) is 2. The molecule has 2 bridgehead atoms. The Morgan fingerprint density at radius 3 is 2.35 bits per heavy atom. The van der Waals surface area contributed by atoms with Gasteiger partial charge in [-0.1, -0.05) is 27.2 Å². The molecular weight excluding hydrogens is 208 g/mol. The van der Waals surface area contributed by atoms with Crippen LogP contribution in [0.2, 0.25) is 0 Å². The molecule has 0 aromatic rings. The van der Waals surface area contributed by atoms with Crippen molar-refractivity contribution in [2.24, 2.45) is 5.92 Å². The van der Waals surface area contributed by atoms with Gasteiger partial charge in [-0.2, -0.15) is 0 Å². The second kappa shape index (κ2) is 6.19. The van der Waals surface area contributed by atoms with Gasteiger partial charge in [-0.05, 0) is 44.6 Å². The van der Waals surface area contributed by atoms with E-state index in [9.17, 15) is 0 Å². The topological polar surface area (TPSA) is 15.3 Å². The first-order valence-electron chi connectivity index (χ1n) is 7.73. The Hall–Kier alpha value is -0.0800. The molecule has 0 spiro atoms. The second-order valence-corrected chi connectivity index (χ2v) is 6.24. The zero-order valence-electron chi connectivity index (χ0n) is 11.9. The van der Waals surface area contributed by atoms with E-state index < -0.39 is 0 Å². The Kier molecular flexibility index (Phi) is 4.87. The van der Waals surface area contributed by atoms with Crippen LogP contribution in [0.1, 0.15) is 59.3 Å². The average molecular weight is 238 g/mol. The minimum atomic E-state index is 0.828. The maximum atomic E-state index is 3.75. The van der Waals surface area contributed by atoms with Crippen LogP contribution in [0, 0.1) is 5.92 Å². The molecule has 2 nitrogen and oxygen atoms in total. The van der Waals surface area contributed by atoms with Gasteiger partial charge in [-0.15, -0.1) is 0 Å². The van der Waals surface area contributed by atoms with E-state index in [2.05, 4.69) is 31.0 Å². The summed E-state index contributed by atoms with van der Waals surface area (Å²) in [6, 6.07) is 2.52. The van der Waals surface area contributed by atoms with Crippen molar-refractivity contribution in [3.8, 4) is 0 Å². The quantitative estimate of drug-likeness (QED) is 0.765. The van der Waals surface area contributed by atoms with Crippen LogP contribution >= 0.6 is 0 Å². The first kappa shape index (κ1) is 13.4. The number of nitrogens with zero attached hydrogens (tertiary/aromatic N) is 1. The van der Waals surface area contributed by atoms with Crippen LogP contribution in [-0.2, 0) is 0 Å². The van der Waals surface area contributed by atoms with E-state index >= 15 is 0 Å².